The highest BCUT2D eigenvalue weighted by atomic mass is 16.1. The average Bonchev–Trinajstić information content (AvgIpc) is 2.83. The molecular formula is C17H20N2O. The zero-order valence-corrected chi connectivity index (χ0v) is 11.8. The maximum atomic E-state index is 11.5. The predicted octanol–water partition coefficient (Wildman–Crippen LogP) is 3.24. The molecule has 3 rings (SSSR count). The Morgan fingerprint density at radius 1 is 1.35 bits per heavy atom. The summed E-state index contributed by atoms with van der Waals surface area (Å²) in [6.07, 6.45) is 8.20. The van der Waals surface area contributed by atoms with Gasteiger partial charge in [-0.05, 0) is 61.9 Å². The first-order valence-corrected chi connectivity index (χ1v) is 7.31. The quantitative estimate of drug-likeness (QED) is 0.825. The van der Waals surface area contributed by atoms with E-state index in [0.717, 1.165) is 12.0 Å². The van der Waals surface area contributed by atoms with Crippen molar-refractivity contribution in [1.82, 2.24) is 10.3 Å². The van der Waals surface area contributed by atoms with E-state index in [4.69, 9.17) is 0 Å². The molecule has 3 heteroatoms. The number of carbonyl (C=O) groups is 1. The molecule has 0 saturated heterocycles. The number of fused-ring (bicyclic) bond motifs is 3. The van der Waals surface area contributed by atoms with Crippen LogP contribution in [0.1, 0.15) is 36.6 Å². The molecule has 20 heavy (non-hydrogen) atoms. The Kier molecular flexibility index (Phi) is 3.59. The SMILES string of the molecule is C/C=C/C(=O)NCc1ccc2[nH]c3c(c2c1)CCCC3. The number of nitrogens with one attached hydrogen (secondary N) is 2. The fourth-order valence-corrected chi connectivity index (χ4v) is 2.96. The first-order valence-electron chi connectivity index (χ1n) is 7.31. The number of allylic oxidation sites excluding steroid dienone is 1. The molecule has 1 aromatic heterocycles. The molecule has 2 aromatic rings. The van der Waals surface area contributed by atoms with Crippen LogP contribution in [-0.4, -0.2) is 10.9 Å². The Morgan fingerprint density at radius 3 is 3.05 bits per heavy atom. The Morgan fingerprint density at radius 2 is 2.20 bits per heavy atom. The largest absolute Gasteiger partial charge is 0.358 e. The van der Waals surface area contributed by atoms with Gasteiger partial charge in [-0.2, -0.15) is 0 Å². The minimum atomic E-state index is -0.0382. The molecular weight excluding hydrogens is 248 g/mol. The standard InChI is InChI=1S/C17H20N2O/c1-2-5-17(20)18-11-12-8-9-16-14(10-12)13-6-3-4-7-15(13)19-16/h2,5,8-10,19H,3-4,6-7,11H2,1H3,(H,18,20)/b5-2+. The van der Waals surface area contributed by atoms with Gasteiger partial charge in [0.25, 0.3) is 0 Å². The van der Waals surface area contributed by atoms with Crippen molar-refractivity contribution < 1.29 is 4.79 Å². The van der Waals surface area contributed by atoms with E-state index in [1.165, 1.54) is 41.4 Å². The van der Waals surface area contributed by atoms with Crippen molar-refractivity contribution in [3.8, 4) is 0 Å². The van der Waals surface area contributed by atoms with Gasteiger partial charge in [-0.15, -0.1) is 0 Å². The summed E-state index contributed by atoms with van der Waals surface area (Å²) in [5, 5.41) is 4.23. The van der Waals surface area contributed by atoms with E-state index in [9.17, 15) is 4.79 Å². The van der Waals surface area contributed by atoms with Gasteiger partial charge in [0.05, 0.1) is 0 Å². The third-order valence-corrected chi connectivity index (χ3v) is 3.95. The van der Waals surface area contributed by atoms with Gasteiger partial charge in [0.2, 0.25) is 5.91 Å². The van der Waals surface area contributed by atoms with Crippen LogP contribution in [0.25, 0.3) is 10.9 Å². The Hall–Kier alpha value is -2.03. The molecule has 2 N–H and O–H groups in total. The van der Waals surface area contributed by atoms with Crippen LogP contribution in [0.3, 0.4) is 0 Å². The fraction of sp³-hybridized carbons (Fsp3) is 0.353. The molecule has 3 nitrogen and oxygen atoms in total. The predicted molar refractivity (Wildman–Crippen MR) is 81.6 cm³/mol. The van der Waals surface area contributed by atoms with E-state index in [1.54, 1.807) is 12.2 Å². The minimum absolute atomic E-state index is 0.0382. The van der Waals surface area contributed by atoms with E-state index < -0.39 is 0 Å². The van der Waals surface area contributed by atoms with Crippen LogP contribution in [0.2, 0.25) is 0 Å². The minimum Gasteiger partial charge on any atom is -0.358 e. The second-order valence-corrected chi connectivity index (χ2v) is 5.39. The maximum Gasteiger partial charge on any atom is 0.243 e. The molecule has 0 saturated carbocycles. The maximum absolute atomic E-state index is 11.5. The van der Waals surface area contributed by atoms with Gasteiger partial charge in [0, 0.05) is 23.1 Å². The topological polar surface area (TPSA) is 44.9 Å². The molecule has 0 aliphatic heterocycles. The smallest absolute Gasteiger partial charge is 0.243 e. The van der Waals surface area contributed by atoms with Crippen LogP contribution in [0.4, 0.5) is 0 Å². The summed E-state index contributed by atoms with van der Waals surface area (Å²) in [5.74, 6) is -0.0382. The number of benzene rings is 1. The molecule has 1 aliphatic carbocycles. The highest BCUT2D eigenvalue weighted by molar-refractivity contribution is 5.88. The Labute approximate surface area is 119 Å². The summed E-state index contributed by atoms with van der Waals surface area (Å²) < 4.78 is 0. The molecule has 1 aromatic carbocycles. The summed E-state index contributed by atoms with van der Waals surface area (Å²) in [6.45, 7) is 2.43. The van der Waals surface area contributed by atoms with Gasteiger partial charge in [-0.25, -0.2) is 0 Å². The number of aromatic amines is 1. The molecule has 0 radical (unpaired) electrons. The lowest BCUT2D eigenvalue weighted by molar-refractivity contribution is -0.116. The summed E-state index contributed by atoms with van der Waals surface area (Å²) in [7, 11) is 0. The summed E-state index contributed by atoms with van der Waals surface area (Å²) >= 11 is 0. The van der Waals surface area contributed by atoms with Gasteiger partial charge in [0.15, 0.2) is 0 Å². The molecule has 1 aliphatic rings. The summed E-state index contributed by atoms with van der Waals surface area (Å²) in [6, 6.07) is 6.43. The van der Waals surface area contributed by atoms with Gasteiger partial charge < -0.3 is 10.3 Å². The highest BCUT2D eigenvalue weighted by Gasteiger charge is 2.15. The van der Waals surface area contributed by atoms with Crippen LogP contribution in [0, 0.1) is 0 Å². The number of hydrogen-bond acceptors (Lipinski definition) is 1. The van der Waals surface area contributed by atoms with E-state index in [2.05, 4.69) is 28.5 Å². The van der Waals surface area contributed by atoms with E-state index >= 15 is 0 Å². The van der Waals surface area contributed by atoms with Gasteiger partial charge in [0.1, 0.15) is 0 Å². The zero-order chi connectivity index (χ0) is 13.9. The Bertz CT molecular complexity index is 667. The number of aryl methyl sites for hydroxylation is 2. The van der Waals surface area contributed by atoms with Crippen LogP contribution in [0.15, 0.2) is 30.4 Å². The van der Waals surface area contributed by atoms with Crippen molar-refractivity contribution in [1.29, 1.82) is 0 Å². The van der Waals surface area contributed by atoms with Crippen molar-refractivity contribution in [2.75, 3.05) is 0 Å². The van der Waals surface area contributed by atoms with Crippen molar-refractivity contribution in [2.24, 2.45) is 0 Å². The highest BCUT2D eigenvalue weighted by Crippen LogP contribution is 2.29. The number of aromatic nitrogens is 1. The second-order valence-electron chi connectivity index (χ2n) is 5.39. The normalized spacial score (nSPS) is 14.7. The van der Waals surface area contributed by atoms with Gasteiger partial charge in [-0.1, -0.05) is 12.1 Å². The number of carbonyl (C=O) groups excluding carboxylic acids is 1. The zero-order valence-electron chi connectivity index (χ0n) is 11.8. The molecule has 1 heterocycles. The van der Waals surface area contributed by atoms with Crippen LogP contribution < -0.4 is 5.32 Å². The lowest BCUT2D eigenvalue weighted by atomic mass is 9.95. The van der Waals surface area contributed by atoms with Crippen molar-refractivity contribution in [3.05, 3.63) is 47.2 Å². The molecule has 0 bridgehead atoms. The Balaban J connectivity index is 1.84. The number of hydrogen-bond donors (Lipinski definition) is 2. The van der Waals surface area contributed by atoms with E-state index in [-0.39, 0.29) is 5.91 Å². The second kappa shape index (κ2) is 5.53. The lowest BCUT2D eigenvalue weighted by Crippen LogP contribution is -2.20. The van der Waals surface area contributed by atoms with Crippen molar-refractivity contribution in [3.63, 3.8) is 0 Å². The van der Waals surface area contributed by atoms with Crippen LogP contribution in [-0.2, 0) is 24.2 Å². The number of H-pyrrole nitrogens is 1. The van der Waals surface area contributed by atoms with Crippen molar-refractivity contribution in [2.45, 2.75) is 39.2 Å². The molecule has 0 atom stereocenters. The molecule has 0 spiro atoms. The number of rotatable bonds is 3. The van der Waals surface area contributed by atoms with E-state index in [0.29, 0.717) is 6.54 Å². The first kappa shape index (κ1) is 13.0. The number of amides is 1. The third kappa shape index (κ3) is 2.48. The van der Waals surface area contributed by atoms with Gasteiger partial charge >= 0.3 is 0 Å². The fourth-order valence-electron chi connectivity index (χ4n) is 2.96. The van der Waals surface area contributed by atoms with Crippen molar-refractivity contribution >= 4 is 16.8 Å². The summed E-state index contributed by atoms with van der Waals surface area (Å²) in [5.41, 5.74) is 5.26. The van der Waals surface area contributed by atoms with Crippen LogP contribution >= 0.6 is 0 Å². The first-order chi connectivity index (χ1) is 9.78. The molecule has 0 unspecified atom stereocenters. The average molecular weight is 268 g/mol. The summed E-state index contributed by atoms with van der Waals surface area (Å²) in [4.78, 5) is 15.0. The molecule has 104 valence electrons. The van der Waals surface area contributed by atoms with E-state index in [1.807, 2.05) is 6.92 Å². The monoisotopic (exact) mass is 268 g/mol. The van der Waals surface area contributed by atoms with Gasteiger partial charge in [-0.3, -0.25) is 4.79 Å². The lowest BCUT2D eigenvalue weighted by Gasteiger charge is -2.10. The third-order valence-electron chi connectivity index (χ3n) is 3.95. The molecule has 0 fully saturated rings. The molecule has 1 amide bonds. The van der Waals surface area contributed by atoms with Crippen LogP contribution in [0.5, 0.6) is 0 Å².